The van der Waals surface area contributed by atoms with Gasteiger partial charge < -0.3 is 14.0 Å². The molecule has 7 nitrogen and oxygen atoms in total. The van der Waals surface area contributed by atoms with Crippen molar-refractivity contribution in [1.29, 1.82) is 0 Å². The van der Waals surface area contributed by atoms with E-state index in [0.717, 1.165) is 49.8 Å². The maximum absolute atomic E-state index is 6.22. The van der Waals surface area contributed by atoms with E-state index in [9.17, 15) is 0 Å². The first-order chi connectivity index (χ1) is 14.2. The summed E-state index contributed by atoms with van der Waals surface area (Å²) < 4.78 is 16.3. The Morgan fingerprint density at radius 3 is 2.48 bits per heavy atom. The Morgan fingerprint density at radius 2 is 1.66 bits per heavy atom. The average molecular weight is 413 g/mol. The lowest BCUT2D eigenvalue weighted by Gasteiger charge is -2.34. The van der Waals surface area contributed by atoms with E-state index in [1.807, 2.05) is 30.3 Å². The minimum absolute atomic E-state index is 0.311. The van der Waals surface area contributed by atoms with E-state index in [1.165, 1.54) is 5.56 Å². The number of rotatable bonds is 5. The molecule has 0 unspecified atom stereocenters. The quantitative estimate of drug-likeness (QED) is 0.636. The molecule has 3 heterocycles. The molecule has 0 aliphatic carbocycles. The Bertz CT molecular complexity index is 1000. The first kappa shape index (κ1) is 18.4. The molecule has 0 radical (unpaired) electrons. The molecule has 0 amide bonds. The van der Waals surface area contributed by atoms with E-state index >= 15 is 0 Å². The summed E-state index contributed by atoms with van der Waals surface area (Å²) in [5.74, 6) is 2.82. The van der Waals surface area contributed by atoms with Crippen molar-refractivity contribution < 1.29 is 14.0 Å². The maximum atomic E-state index is 6.22. The fraction of sp³-hybridized carbons (Fsp3) is 0.333. The Balaban J connectivity index is 1.15. The summed E-state index contributed by atoms with van der Waals surface area (Å²) in [6, 6.07) is 13.7. The monoisotopic (exact) mass is 412 g/mol. The van der Waals surface area contributed by atoms with Crippen LogP contribution >= 0.6 is 11.6 Å². The van der Waals surface area contributed by atoms with Crippen LogP contribution < -0.4 is 9.47 Å². The largest absolute Gasteiger partial charge is 0.454 e. The van der Waals surface area contributed by atoms with Gasteiger partial charge in [0.2, 0.25) is 6.79 Å². The molecule has 1 aromatic heterocycles. The molecule has 2 aliphatic rings. The lowest BCUT2D eigenvalue weighted by atomic mass is 10.1. The van der Waals surface area contributed by atoms with E-state index < -0.39 is 0 Å². The molecule has 150 valence electrons. The van der Waals surface area contributed by atoms with E-state index in [4.69, 9.17) is 25.6 Å². The fourth-order valence-electron chi connectivity index (χ4n) is 3.67. The minimum Gasteiger partial charge on any atom is -0.454 e. The van der Waals surface area contributed by atoms with E-state index in [-0.39, 0.29) is 0 Å². The second-order valence-electron chi connectivity index (χ2n) is 7.24. The molecule has 1 fully saturated rings. The topological polar surface area (TPSA) is 63.9 Å². The van der Waals surface area contributed by atoms with E-state index in [1.54, 1.807) is 0 Å². The molecule has 1 saturated heterocycles. The zero-order chi connectivity index (χ0) is 19.6. The molecule has 0 saturated carbocycles. The highest BCUT2D eigenvalue weighted by Gasteiger charge is 2.21. The van der Waals surface area contributed by atoms with Crippen LogP contribution in [0, 0.1) is 0 Å². The highest BCUT2D eigenvalue weighted by atomic mass is 35.5. The highest BCUT2D eigenvalue weighted by molar-refractivity contribution is 6.33. The van der Waals surface area contributed by atoms with Crippen LogP contribution in [0.3, 0.4) is 0 Å². The Morgan fingerprint density at radius 1 is 0.897 bits per heavy atom. The zero-order valence-electron chi connectivity index (χ0n) is 15.9. The third kappa shape index (κ3) is 4.07. The minimum atomic E-state index is 0.311. The van der Waals surface area contributed by atoms with E-state index in [2.05, 4.69) is 32.1 Å². The number of piperazine rings is 1. The molecule has 8 heteroatoms. The summed E-state index contributed by atoms with van der Waals surface area (Å²) in [6.07, 6.45) is 0. The Labute approximate surface area is 173 Å². The lowest BCUT2D eigenvalue weighted by molar-refractivity contribution is 0.119. The van der Waals surface area contributed by atoms with Gasteiger partial charge in [0.1, 0.15) is 0 Å². The number of aromatic nitrogens is 2. The van der Waals surface area contributed by atoms with Gasteiger partial charge in [0, 0.05) is 32.7 Å². The molecular formula is C21H21ClN4O3. The Kier molecular flexibility index (Phi) is 5.10. The number of nitrogens with zero attached hydrogens (tertiary/aromatic N) is 4. The van der Waals surface area contributed by atoms with Gasteiger partial charge in [-0.1, -0.05) is 35.0 Å². The zero-order valence-corrected chi connectivity index (χ0v) is 16.6. The number of hydrogen-bond acceptors (Lipinski definition) is 7. The highest BCUT2D eigenvalue weighted by Crippen LogP contribution is 2.33. The number of benzene rings is 2. The van der Waals surface area contributed by atoms with Gasteiger partial charge in [-0.15, -0.1) is 0 Å². The summed E-state index contributed by atoms with van der Waals surface area (Å²) in [5.41, 5.74) is 2.01. The van der Waals surface area contributed by atoms with Crippen LogP contribution in [-0.4, -0.2) is 52.9 Å². The molecule has 0 spiro atoms. The second-order valence-corrected chi connectivity index (χ2v) is 7.64. The summed E-state index contributed by atoms with van der Waals surface area (Å²) in [5, 5.41) is 4.73. The van der Waals surface area contributed by atoms with Gasteiger partial charge in [0.25, 0.3) is 5.89 Å². The van der Waals surface area contributed by atoms with Gasteiger partial charge in [-0.25, -0.2) is 0 Å². The van der Waals surface area contributed by atoms with Gasteiger partial charge in [-0.05, 0) is 29.8 Å². The molecule has 29 heavy (non-hydrogen) atoms. The predicted molar refractivity (Wildman–Crippen MR) is 108 cm³/mol. The van der Waals surface area contributed by atoms with Crippen LogP contribution in [-0.2, 0) is 13.1 Å². The average Bonchev–Trinajstić information content (AvgIpc) is 3.39. The summed E-state index contributed by atoms with van der Waals surface area (Å²) in [6.45, 7) is 5.79. The molecule has 5 rings (SSSR count). The van der Waals surface area contributed by atoms with Gasteiger partial charge in [-0.2, -0.15) is 4.98 Å². The van der Waals surface area contributed by atoms with Crippen LogP contribution in [0.4, 0.5) is 0 Å². The standard InChI is InChI=1S/C21H21ClN4O3/c22-17-4-2-1-3-16(17)21-23-20(24-29-21)13-26-9-7-25(8-10-26)12-15-5-6-18-19(11-15)28-14-27-18/h1-6,11H,7-10,12-14H2. The Hall–Kier alpha value is -2.61. The second kappa shape index (κ2) is 8.02. The number of halogens is 1. The van der Waals surface area contributed by atoms with Crippen LogP contribution in [0.5, 0.6) is 11.5 Å². The SMILES string of the molecule is Clc1ccccc1-c1nc(CN2CCN(Cc3ccc4c(c3)OCO4)CC2)no1. The smallest absolute Gasteiger partial charge is 0.259 e. The molecule has 0 N–H and O–H groups in total. The third-order valence-electron chi connectivity index (χ3n) is 5.25. The van der Waals surface area contributed by atoms with Crippen LogP contribution in [0.2, 0.25) is 5.02 Å². The lowest BCUT2D eigenvalue weighted by Crippen LogP contribution is -2.45. The molecule has 3 aromatic rings. The maximum Gasteiger partial charge on any atom is 0.259 e. The van der Waals surface area contributed by atoms with Crippen molar-refractivity contribution >= 4 is 11.6 Å². The van der Waals surface area contributed by atoms with Crippen molar-refractivity contribution in [3.8, 4) is 23.0 Å². The summed E-state index contributed by atoms with van der Waals surface area (Å²) in [4.78, 5) is 9.30. The van der Waals surface area contributed by atoms with Crippen LogP contribution in [0.25, 0.3) is 11.5 Å². The van der Waals surface area contributed by atoms with Crippen molar-refractivity contribution in [1.82, 2.24) is 19.9 Å². The third-order valence-corrected chi connectivity index (χ3v) is 5.58. The van der Waals surface area contributed by atoms with Crippen molar-refractivity contribution in [2.75, 3.05) is 33.0 Å². The van der Waals surface area contributed by atoms with Crippen LogP contribution in [0.15, 0.2) is 47.0 Å². The van der Waals surface area contributed by atoms with Crippen molar-refractivity contribution in [3.05, 3.63) is 58.9 Å². The van der Waals surface area contributed by atoms with Gasteiger partial charge in [0.05, 0.1) is 17.1 Å². The van der Waals surface area contributed by atoms with Crippen molar-refractivity contribution in [2.24, 2.45) is 0 Å². The number of hydrogen-bond donors (Lipinski definition) is 0. The van der Waals surface area contributed by atoms with Crippen molar-refractivity contribution in [3.63, 3.8) is 0 Å². The van der Waals surface area contributed by atoms with Gasteiger partial charge >= 0.3 is 0 Å². The molecular weight excluding hydrogens is 392 g/mol. The first-order valence-electron chi connectivity index (χ1n) is 9.65. The van der Waals surface area contributed by atoms with Crippen LogP contribution in [0.1, 0.15) is 11.4 Å². The first-order valence-corrected chi connectivity index (χ1v) is 10.0. The predicted octanol–water partition coefficient (Wildman–Crippen LogP) is 3.44. The normalized spacial score (nSPS) is 17.0. The molecule has 0 bridgehead atoms. The molecule has 2 aliphatic heterocycles. The molecule has 0 atom stereocenters. The molecule has 2 aromatic carbocycles. The number of ether oxygens (including phenoxy) is 2. The number of fused-ring (bicyclic) bond motifs is 1. The van der Waals surface area contributed by atoms with E-state index in [0.29, 0.717) is 30.1 Å². The fourth-order valence-corrected chi connectivity index (χ4v) is 3.88. The van der Waals surface area contributed by atoms with Gasteiger partial charge in [0.15, 0.2) is 17.3 Å². The van der Waals surface area contributed by atoms with Crippen molar-refractivity contribution in [2.45, 2.75) is 13.1 Å². The summed E-state index contributed by atoms with van der Waals surface area (Å²) in [7, 11) is 0. The summed E-state index contributed by atoms with van der Waals surface area (Å²) >= 11 is 6.22. The van der Waals surface area contributed by atoms with Gasteiger partial charge in [-0.3, -0.25) is 9.80 Å².